The topological polar surface area (TPSA) is 98.8 Å². The van der Waals surface area contributed by atoms with Crippen LogP contribution in [0.4, 0.5) is 0 Å². The molecule has 0 unspecified atom stereocenters. The lowest BCUT2D eigenvalue weighted by atomic mass is 10.2. The van der Waals surface area contributed by atoms with Gasteiger partial charge in [-0.3, -0.25) is 0 Å². The summed E-state index contributed by atoms with van der Waals surface area (Å²) in [6, 6.07) is 9.64. The highest BCUT2D eigenvalue weighted by atomic mass is 32.2. The first-order chi connectivity index (χ1) is 10.4. The van der Waals surface area contributed by atoms with Gasteiger partial charge in [-0.2, -0.15) is 0 Å². The van der Waals surface area contributed by atoms with Gasteiger partial charge in [0, 0.05) is 0 Å². The number of carbonyl (C=O) groups is 1. The van der Waals surface area contributed by atoms with Crippen LogP contribution >= 0.6 is 11.3 Å². The summed E-state index contributed by atoms with van der Waals surface area (Å²) in [6.07, 6.45) is 0. The molecule has 0 amide bonds. The molecule has 0 fully saturated rings. The molecule has 2 rings (SSSR count). The van der Waals surface area contributed by atoms with Crippen LogP contribution in [0.3, 0.4) is 0 Å². The van der Waals surface area contributed by atoms with E-state index in [0.29, 0.717) is 4.88 Å². The number of sulfone groups is 1. The molecule has 0 aliphatic carbocycles. The smallest absolute Gasteiger partial charge is 0.375 e. The zero-order valence-corrected chi connectivity index (χ0v) is 13.4. The molecule has 116 valence electrons. The number of nitrogens with zero attached hydrogens (tertiary/aromatic N) is 1. The largest absolute Gasteiger partial charge is 0.384 e. The molecule has 1 aromatic carbocycles. The van der Waals surface area contributed by atoms with Crippen LogP contribution in [-0.2, 0) is 14.7 Å². The Bertz CT molecular complexity index is 779. The van der Waals surface area contributed by atoms with Crippen molar-refractivity contribution in [1.82, 2.24) is 0 Å². The van der Waals surface area contributed by atoms with Gasteiger partial charge in [0.05, 0.1) is 4.90 Å². The Morgan fingerprint density at radius 2 is 1.95 bits per heavy atom. The molecule has 0 aliphatic heterocycles. The van der Waals surface area contributed by atoms with E-state index in [-0.39, 0.29) is 10.7 Å². The summed E-state index contributed by atoms with van der Waals surface area (Å²) in [5.74, 6) is -1.48. The molecule has 0 aliphatic rings. The summed E-state index contributed by atoms with van der Waals surface area (Å²) < 4.78 is 24.3. The SMILES string of the molecule is Cc1ccc(S(=O)(=O)C/C(N)=N\OC(=O)c2cccs2)cc1. The fourth-order valence-corrected chi connectivity index (χ4v) is 3.34. The van der Waals surface area contributed by atoms with Gasteiger partial charge < -0.3 is 10.6 Å². The Balaban J connectivity index is 2.04. The highest BCUT2D eigenvalue weighted by Gasteiger charge is 2.17. The molecular formula is C14H14N2O4S2. The molecule has 6 nitrogen and oxygen atoms in total. The molecular weight excluding hydrogens is 324 g/mol. The molecule has 0 atom stereocenters. The third-order valence-electron chi connectivity index (χ3n) is 2.69. The van der Waals surface area contributed by atoms with E-state index in [9.17, 15) is 13.2 Å². The summed E-state index contributed by atoms with van der Waals surface area (Å²) in [5.41, 5.74) is 6.48. The molecule has 2 N–H and O–H groups in total. The number of benzene rings is 1. The molecule has 0 spiro atoms. The Morgan fingerprint density at radius 3 is 2.55 bits per heavy atom. The average molecular weight is 338 g/mol. The minimum absolute atomic E-state index is 0.140. The van der Waals surface area contributed by atoms with Gasteiger partial charge in [0.2, 0.25) is 0 Å². The number of carbonyl (C=O) groups excluding carboxylic acids is 1. The first-order valence-corrected chi connectivity index (χ1v) is 8.78. The third-order valence-corrected chi connectivity index (χ3v) is 5.20. The van der Waals surface area contributed by atoms with Crippen molar-refractivity contribution in [2.75, 3.05) is 5.75 Å². The van der Waals surface area contributed by atoms with Crippen molar-refractivity contribution in [2.24, 2.45) is 10.9 Å². The highest BCUT2D eigenvalue weighted by molar-refractivity contribution is 7.92. The van der Waals surface area contributed by atoms with Gasteiger partial charge in [0.1, 0.15) is 10.6 Å². The van der Waals surface area contributed by atoms with Crippen LogP contribution in [0.15, 0.2) is 51.8 Å². The molecule has 2 aromatic rings. The van der Waals surface area contributed by atoms with E-state index in [4.69, 9.17) is 5.73 Å². The van der Waals surface area contributed by atoms with Crippen molar-refractivity contribution in [3.8, 4) is 0 Å². The number of aryl methyl sites for hydroxylation is 1. The Kier molecular flexibility index (Phi) is 4.94. The fraction of sp³-hybridized carbons (Fsp3) is 0.143. The summed E-state index contributed by atoms with van der Waals surface area (Å²) in [7, 11) is -3.62. The zero-order chi connectivity index (χ0) is 16.2. The van der Waals surface area contributed by atoms with E-state index in [0.717, 1.165) is 5.56 Å². The van der Waals surface area contributed by atoms with Crippen LogP contribution in [0.25, 0.3) is 0 Å². The van der Waals surface area contributed by atoms with Crippen molar-refractivity contribution < 1.29 is 18.0 Å². The molecule has 0 radical (unpaired) electrons. The van der Waals surface area contributed by atoms with E-state index >= 15 is 0 Å². The summed E-state index contributed by atoms with van der Waals surface area (Å²) >= 11 is 1.19. The summed E-state index contributed by atoms with van der Waals surface area (Å²) in [6.45, 7) is 1.86. The second kappa shape index (κ2) is 6.71. The van der Waals surface area contributed by atoms with Crippen LogP contribution in [0.2, 0.25) is 0 Å². The van der Waals surface area contributed by atoms with Gasteiger partial charge in [-0.15, -0.1) is 11.3 Å². The third kappa shape index (κ3) is 4.15. The van der Waals surface area contributed by atoms with E-state index in [1.807, 2.05) is 6.92 Å². The second-order valence-electron chi connectivity index (χ2n) is 4.51. The number of oxime groups is 1. The molecule has 0 saturated carbocycles. The van der Waals surface area contributed by atoms with Crippen molar-refractivity contribution in [3.05, 3.63) is 52.2 Å². The number of nitrogens with two attached hydrogens (primary N) is 1. The molecule has 1 aromatic heterocycles. The van der Waals surface area contributed by atoms with Crippen LogP contribution in [-0.4, -0.2) is 26.0 Å². The fourth-order valence-electron chi connectivity index (χ4n) is 1.59. The van der Waals surface area contributed by atoms with Crippen LogP contribution in [0, 0.1) is 6.92 Å². The molecule has 8 heteroatoms. The number of hydrogen-bond acceptors (Lipinski definition) is 6. The monoisotopic (exact) mass is 338 g/mol. The average Bonchev–Trinajstić information content (AvgIpc) is 2.99. The number of rotatable bonds is 5. The maximum absolute atomic E-state index is 12.1. The van der Waals surface area contributed by atoms with E-state index in [2.05, 4.69) is 9.99 Å². The van der Waals surface area contributed by atoms with Crippen LogP contribution in [0.5, 0.6) is 0 Å². The van der Waals surface area contributed by atoms with Gasteiger partial charge in [0.15, 0.2) is 15.7 Å². The van der Waals surface area contributed by atoms with Crippen molar-refractivity contribution in [3.63, 3.8) is 0 Å². The Hall–Kier alpha value is -2.19. The first kappa shape index (κ1) is 16.2. The molecule has 1 heterocycles. The maximum atomic E-state index is 12.1. The minimum atomic E-state index is -3.62. The van der Waals surface area contributed by atoms with E-state index < -0.39 is 21.6 Å². The lowest BCUT2D eigenvalue weighted by Gasteiger charge is -2.04. The second-order valence-corrected chi connectivity index (χ2v) is 7.45. The Morgan fingerprint density at radius 1 is 1.27 bits per heavy atom. The quantitative estimate of drug-likeness (QED) is 0.389. The van der Waals surface area contributed by atoms with E-state index in [1.54, 1.807) is 29.6 Å². The van der Waals surface area contributed by atoms with Gasteiger partial charge in [-0.05, 0) is 30.5 Å². The maximum Gasteiger partial charge on any atom is 0.375 e. The summed E-state index contributed by atoms with van der Waals surface area (Å²) in [5, 5.41) is 5.09. The van der Waals surface area contributed by atoms with Gasteiger partial charge in [-0.25, -0.2) is 13.2 Å². The predicted octanol–water partition coefficient (Wildman–Crippen LogP) is 1.96. The molecule has 22 heavy (non-hydrogen) atoms. The zero-order valence-electron chi connectivity index (χ0n) is 11.7. The molecule has 0 saturated heterocycles. The normalized spacial score (nSPS) is 12.1. The standard InChI is InChI=1S/C14H14N2O4S2/c1-10-4-6-11(7-5-10)22(18,19)9-13(15)16-20-14(17)12-3-2-8-21-12/h2-8H,9H2,1H3,(H2,15,16). The predicted molar refractivity (Wildman–Crippen MR) is 84.6 cm³/mol. The Labute approximate surface area is 132 Å². The number of hydrogen-bond donors (Lipinski definition) is 1. The van der Waals surface area contributed by atoms with Crippen LogP contribution in [0.1, 0.15) is 15.2 Å². The van der Waals surface area contributed by atoms with Crippen molar-refractivity contribution in [1.29, 1.82) is 0 Å². The number of thiophene rings is 1. The van der Waals surface area contributed by atoms with Crippen molar-refractivity contribution in [2.45, 2.75) is 11.8 Å². The van der Waals surface area contributed by atoms with E-state index in [1.165, 1.54) is 23.5 Å². The van der Waals surface area contributed by atoms with Gasteiger partial charge in [0.25, 0.3) is 0 Å². The summed E-state index contributed by atoms with van der Waals surface area (Å²) in [4.78, 5) is 16.7. The van der Waals surface area contributed by atoms with Gasteiger partial charge >= 0.3 is 5.97 Å². The highest BCUT2D eigenvalue weighted by Crippen LogP contribution is 2.13. The lowest BCUT2D eigenvalue weighted by Crippen LogP contribution is -2.24. The van der Waals surface area contributed by atoms with Crippen LogP contribution < -0.4 is 5.73 Å². The molecule has 0 bridgehead atoms. The first-order valence-electron chi connectivity index (χ1n) is 6.25. The van der Waals surface area contributed by atoms with Crippen molar-refractivity contribution >= 4 is 33.0 Å². The number of amidine groups is 1. The van der Waals surface area contributed by atoms with Gasteiger partial charge in [-0.1, -0.05) is 28.9 Å². The lowest BCUT2D eigenvalue weighted by molar-refractivity contribution is 0.0521. The minimum Gasteiger partial charge on any atom is -0.384 e.